The Balaban J connectivity index is 1.83. The standard InChI is InChI=1S/C32H39Br3N2O3/c1-5-7-9-11-13-15-17-36-20(4)21-19(3)27(33)24-23-22(21)25(30(36)38)28(34)29(35)26(23)32(40)37(31(24)39)18-16-14-12-10-8-6-2/h4-18H2,1-3H3. The van der Waals surface area contributed by atoms with Crippen molar-refractivity contribution in [3.8, 4) is 0 Å². The molecule has 216 valence electrons. The molecule has 0 unspecified atom stereocenters. The molecule has 0 radical (unpaired) electrons. The Labute approximate surface area is 262 Å². The van der Waals surface area contributed by atoms with Crippen LogP contribution in [0.3, 0.4) is 0 Å². The second kappa shape index (κ2) is 13.6. The number of hydrogen-bond acceptors (Lipinski definition) is 3. The van der Waals surface area contributed by atoms with E-state index in [-0.39, 0.29) is 17.4 Å². The van der Waals surface area contributed by atoms with E-state index in [4.69, 9.17) is 0 Å². The van der Waals surface area contributed by atoms with Gasteiger partial charge in [-0.15, -0.1) is 0 Å². The van der Waals surface area contributed by atoms with Crippen LogP contribution in [0.15, 0.2) is 18.2 Å². The van der Waals surface area contributed by atoms with Crippen LogP contribution in [0.5, 0.6) is 0 Å². The molecule has 5 nitrogen and oxygen atoms in total. The van der Waals surface area contributed by atoms with E-state index < -0.39 is 0 Å². The summed E-state index contributed by atoms with van der Waals surface area (Å²) in [5.41, 5.74) is 1.60. The molecule has 1 aliphatic rings. The number of imide groups is 1. The van der Waals surface area contributed by atoms with Crippen LogP contribution in [0, 0.1) is 6.92 Å². The van der Waals surface area contributed by atoms with E-state index in [0.29, 0.717) is 59.1 Å². The molecule has 2 heterocycles. The molecule has 0 N–H and O–H groups in total. The van der Waals surface area contributed by atoms with Crippen LogP contribution >= 0.6 is 47.8 Å². The molecular weight excluding hydrogens is 700 g/mol. The third kappa shape index (κ3) is 5.61. The van der Waals surface area contributed by atoms with Gasteiger partial charge in [0.1, 0.15) is 0 Å². The first-order valence-corrected chi connectivity index (χ1v) is 17.1. The molecule has 40 heavy (non-hydrogen) atoms. The van der Waals surface area contributed by atoms with Crippen LogP contribution in [-0.2, 0) is 6.54 Å². The minimum atomic E-state index is -0.320. The monoisotopic (exact) mass is 736 g/mol. The largest absolute Gasteiger partial charge is 0.308 e. The molecular formula is C32H39Br3N2O3. The van der Waals surface area contributed by atoms with E-state index in [1.165, 1.54) is 43.4 Å². The number of amides is 2. The molecule has 0 saturated carbocycles. The van der Waals surface area contributed by atoms with Gasteiger partial charge in [-0.2, -0.15) is 0 Å². The lowest BCUT2D eigenvalue weighted by Crippen LogP contribution is -2.42. The van der Waals surface area contributed by atoms with Gasteiger partial charge in [0.15, 0.2) is 0 Å². The fourth-order valence-electron chi connectivity index (χ4n) is 6.04. The van der Waals surface area contributed by atoms with Crippen LogP contribution in [0.4, 0.5) is 0 Å². The highest BCUT2D eigenvalue weighted by atomic mass is 79.9. The normalized spacial score (nSPS) is 13.4. The number of aryl methyl sites for hydroxylation is 1. The van der Waals surface area contributed by atoms with Crippen molar-refractivity contribution in [2.24, 2.45) is 0 Å². The Bertz CT molecular complexity index is 1470. The van der Waals surface area contributed by atoms with Crippen molar-refractivity contribution >= 4 is 87.7 Å². The molecule has 2 aromatic carbocycles. The molecule has 0 atom stereocenters. The fraction of sp³-hybridized carbons (Fsp3) is 0.531. The van der Waals surface area contributed by atoms with E-state index in [1.54, 1.807) is 4.57 Å². The summed E-state index contributed by atoms with van der Waals surface area (Å²) in [5.74, 6) is -0.625. The van der Waals surface area contributed by atoms with Gasteiger partial charge >= 0.3 is 0 Å². The summed E-state index contributed by atoms with van der Waals surface area (Å²) >= 11 is 11.0. The van der Waals surface area contributed by atoms with Gasteiger partial charge < -0.3 is 4.57 Å². The lowest BCUT2D eigenvalue weighted by Gasteiger charge is -2.31. The van der Waals surface area contributed by atoms with Gasteiger partial charge in [-0.05, 0) is 73.1 Å². The average molecular weight is 739 g/mol. The maximum atomic E-state index is 14.0. The highest BCUT2D eigenvalue weighted by molar-refractivity contribution is 9.13. The molecule has 1 aliphatic heterocycles. The number of nitrogens with zero attached hydrogens (tertiary/aromatic N) is 2. The number of halogens is 3. The van der Waals surface area contributed by atoms with Crippen molar-refractivity contribution in [1.82, 2.24) is 9.47 Å². The Morgan fingerprint density at radius 1 is 0.600 bits per heavy atom. The van der Waals surface area contributed by atoms with E-state index in [2.05, 4.69) is 68.2 Å². The molecule has 4 rings (SSSR count). The zero-order valence-corrected chi connectivity index (χ0v) is 28.6. The summed E-state index contributed by atoms with van der Waals surface area (Å²) in [6.07, 6.45) is 13.1. The maximum Gasteiger partial charge on any atom is 0.262 e. The number of aromatic nitrogens is 1. The zero-order valence-electron chi connectivity index (χ0n) is 23.9. The number of pyridine rings is 1. The summed E-state index contributed by atoms with van der Waals surface area (Å²) in [5, 5.41) is 3.13. The van der Waals surface area contributed by atoms with Crippen molar-refractivity contribution in [2.75, 3.05) is 6.54 Å². The summed E-state index contributed by atoms with van der Waals surface area (Å²) in [4.78, 5) is 43.1. The molecule has 3 aromatic rings. The van der Waals surface area contributed by atoms with Gasteiger partial charge in [0.05, 0.1) is 16.5 Å². The van der Waals surface area contributed by atoms with Crippen molar-refractivity contribution in [3.63, 3.8) is 0 Å². The third-order valence-corrected chi connectivity index (χ3v) is 11.4. The van der Waals surface area contributed by atoms with E-state index in [1.807, 2.05) is 6.92 Å². The van der Waals surface area contributed by atoms with Gasteiger partial charge in [-0.25, -0.2) is 0 Å². The molecule has 0 fully saturated rings. The SMILES string of the molecule is C=c1c2c(C)c(Br)c3c4c(c(Br)c(Br)c(c(=O)n1CCCCCCCC)c42)C(=O)N(CCCCCCCC)C3=O. The summed E-state index contributed by atoms with van der Waals surface area (Å²) in [6, 6.07) is 0. The predicted molar refractivity (Wildman–Crippen MR) is 176 cm³/mol. The van der Waals surface area contributed by atoms with E-state index >= 15 is 0 Å². The fourth-order valence-corrected chi connectivity index (χ4v) is 7.74. The van der Waals surface area contributed by atoms with Gasteiger partial charge in [-0.3, -0.25) is 19.3 Å². The smallest absolute Gasteiger partial charge is 0.262 e. The molecule has 0 spiro atoms. The predicted octanol–water partition coefficient (Wildman–Crippen LogP) is 9.20. The topological polar surface area (TPSA) is 59.4 Å². The van der Waals surface area contributed by atoms with Crippen LogP contribution in [0.1, 0.15) is 117 Å². The maximum absolute atomic E-state index is 14.0. The summed E-state index contributed by atoms with van der Waals surface area (Å²) in [6.45, 7) is 11.7. The number of unbranched alkanes of at least 4 members (excludes halogenated alkanes) is 10. The minimum Gasteiger partial charge on any atom is -0.308 e. The Hall–Kier alpha value is -1.51. The molecule has 0 bridgehead atoms. The molecule has 0 saturated heterocycles. The minimum absolute atomic E-state index is 0.146. The average Bonchev–Trinajstić information content (AvgIpc) is 2.92. The highest BCUT2D eigenvalue weighted by Gasteiger charge is 2.39. The van der Waals surface area contributed by atoms with E-state index in [9.17, 15) is 14.4 Å². The number of carbonyl (C=O) groups excluding carboxylic acids is 2. The molecule has 8 heteroatoms. The third-order valence-electron chi connectivity index (χ3n) is 8.27. The van der Waals surface area contributed by atoms with Gasteiger partial charge in [0.2, 0.25) is 0 Å². The zero-order chi connectivity index (χ0) is 29.1. The van der Waals surface area contributed by atoms with Crippen molar-refractivity contribution in [1.29, 1.82) is 0 Å². The van der Waals surface area contributed by atoms with Gasteiger partial charge in [-0.1, -0.05) is 84.6 Å². The van der Waals surface area contributed by atoms with Gasteiger partial charge in [0.25, 0.3) is 17.4 Å². The number of hydrogen-bond donors (Lipinski definition) is 0. The van der Waals surface area contributed by atoms with Crippen molar-refractivity contribution in [2.45, 2.75) is 104 Å². The Morgan fingerprint density at radius 3 is 1.68 bits per heavy atom. The first-order valence-electron chi connectivity index (χ1n) is 14.7. The highest BCUT2D eigenvalue weighted by Crippen LogP contribution is 2.46. The Kier molecular flexibility index (Phi) is 10.7. The van der Waals surface area contributed by atoms with Crippen LogP contribution in [0.2, 0.25) is 0 Å². The van der Waals surface area contributed by atoms with Crippen LogP contribution < -0.4 is 10.9 Å². The van der Waals surface area contributed by atoms with Gasteiger partial charge in [0, 0.05) is 48.0 Å². The number of rotatable bonds is 14. The first kappa shape index (κ1) is 31.4. The Morgan fingerprint density at radius 2 is 1.10 bits per heavy atom. The quantitative estimate of drug-likeness (QED) is 0.122. The number of carbonyl (C=O) groups is 2. The van der Waals surface area contributed by atoms with Crippen LogP contribution in [-0.4, -0.2) is 27.8 Å². The second-order valence-corrected chi connectivity index (χ2v) is 13.4. The molecule has 1 aromatic heterocycles. The molecule has 2 amide bonds. The van der Waals surface area contributed by atoms with Crippen LogP contribution in [0.25, 0.3) is 28.1 Å². The lowest BCUT2D eigenvalue weighted by molar-refractivity contribution is 0.0606. The summed E-state index contributed by atoms with van der Waals surface area (Å²) in [7, 11) is 0. The first-order chi connectivity index (χ1) is 19.2. The number of benzene rings is 2. The lowest BCUT2D eigenvalue weighted by atomic mass is 9.87. The van der Waals surface area contributed by atoms with Crippen molar-refractivity contribution < 1.29 is 9.59 Å². The second-order valence-electron chi connectivity index (χ2n) is 11.0. The molecule has 0 aliphatic carbocycles. The van der Waals surface area contributed by atoms with E-state index in [0.717, 1.165) is 49.5 Å². The van der Waals surface area contributed by atoms with Crippen molar-refractivity contribution in [3.05, 3.63) is 45.8 Å². The summed E-state index contributed by atoms with van der Waals surface area (Å²) < 4.78 is 3.50.